The number of carbonyl (C=O) groups excluding carboxylic acids is 1. The minimum Gasteiger partial charge on any atom is -0.325 e. The first-order valence-electron chi connectivity index (χ1n) is 5.95. The van der Waals surface area contributed by atoms with Gasteiger partial charge in [-0.2, -0.15) is 0 Å². The first kappa shape index (κ1) is 13.8. The highest BCUT2D eigenvalue weighted by molar-refractivity contribution is 7.94. The van der Waals surface area contributed by atoms with Gasteiger partial charge in [-0.15, -0.1) is 0 Å². The molecule has 5 nitrogen and oxygen atoms in total. The molecule has 2 N–H and O–H groups in total. The van der Waals surface area contributed by atoms with E-state index in [2.05, 4.69) is 10.6 Å². The zero-order chi connectivity index (χ0) is 13.9. The van der Waals surface area contributed by atoms with Gasteiger partial charge in [0, 0.05) is 17.1 Å². The Labute approximate surface area is 112 Å². The number of benzene rings is 1. The van der Waals surface area contributed by atoms with Gasteiger partial charge in [0.15, 0.2) is 9.84 Å². The summed E-state index contributed by atoms with van der Waals surface area (Å²) in [6, 6.07) is 7.21. The Balaban J connectivity index is 1.81. The minimum atomic E-state index is -3.08. The van der Waals surface area contributed by atoms with E-state index in [1.807, 2.05) is 31.2 Å². The molecule has 2 rings (SSSR count). The molecule has 1 heterocycles. The third-order valence-electron chi connectivity index (χ3n) is 2.76. The maximum atomic E-state index is 11.7. The van der Waals surface area contributed by atoms with Crippen LogP contribution in [-0.4, -0.2) is 32.7 Å². The SMILES string of the molecule is Cc1cccc(NC(=O)CNC2C=CS(=O)(=O)C2)c1. The van der Waals surface area contributed by atoms with Crippen molar-refractivity contribution in [1.82, 2.24) is 5.32 Å². The third kappa shape index (κ3) is 4.18. The number of rotatable bonds is 4. The maximum Gasteiger partial charge on any atom is 0.238 e. The van der Waals surface area contributed by atoms with Crippen molar-refractivity contribution in [2.24, 2.45) is 0 Å². The number of amides is 1. The molecule has 1 unspecified atom stereocenters. The monoisotopic (exact) mass is 280 g/mol. The molecule has 0 radical (unpaired) electrons. The van der Waals surface area contributed by atoms with Crippen LogP contribution in [0.1, 0.15) is 5.56 Å². The second kappa shape index (κ2) is 5.54. The summed E-state index contributed by atoms with van der Waals surface area (Å²) < 4.78 is 22.4. The smallest absolute Gasteiger partial charge is 0.238 e. The number of nitrogens with one attached hydrogen (secondary N) is 2. The van der Waals surface area contributed by atoms with Gasteiger partial charge in [0.1, 0.15) is 0 Å². The molecule has 1 aromatic carbocycles. The zero-order valence-corrected chi connectivity index (χ0v) is 11.4. The largest absolute Gasteiger partial charge is 0.325 e. The van der Waals surface area contributed by atoms with E-state index in [0.29, 0.717) is 0 Å². The predicted octanol–water partition coefficient (Wildman–Crippen LogP) is 0.834. The second-order valence-corrected chi connectivity index (χ2v) is 6.49. The van der Waals surface area contributed by atoms with Gasteiger partial charge in [0.25, 0.3) is 0 Å². The summed E-state index contributed by atoms with van der Waals surface area (Å²) in [7, 11) is -3.08. The van der Waals surface area contributed by atoms with Crippen molar-refractivity contribution in [2.75, 3.05) is 17.6 Å². The molecule has 0 saturated carbocycles. The standard InChI is InChI=1S/C13H16N2O3S/c1-10-3-2-4-11(7-10)15-13(16)8-14-12-5-6-19(17,18)9-12/h2-7,12,14H,8-9H2,1H3,(H,15,16). The first-order valence-corrected chi connectivity index (χ1v) is 7.67. The number of hydrogen-bond acceptors (Lipinski definition) is 4. The Morgan fingerprint density at radius 3 is 2.84 bits per heavy atom. The topological polar surface area (TPSA) is 75.3 Å². The van der Waals surface area contributed by atoms with E-state index in [0.717, 1.165) is 11.3 Å². The van der Waals surface area contributed by atoms with Crippen molar-refractivity contribution in [2.45, 2.75) is 13.0 Å². The van der Waals surface area contributed by atoms with E-state index in [4.69, 9.17) is 0 Å². The minimum absolute atomic E-state index is 0.0186. The Hall–Kier alpha value is -1.66. The van der Waals surface area contributed by atoms with Crippen LogP contribution in [0.4, 0.5) is 5.69 Å². The van der Waals surface area contributed by atoms with Crippen molar-refractivity contribution < 1.29 is 13.2 Å². The lowest BCUT2D eigenvalue weighted by atomic mass is 10.2. The van der Waals surface area contributed by atoms with Crippen LogP contribution in [0.15, 0.2) is 35.7 Å². The van der Waals surface area contributed by atoms with Gasteiger partial charge in [-0.25, -0.2) is 8.42 Å². The van der Waals surface area contributed by atoms with Crippen molar-refractivity contribution >= 4 is 21.4 Å². The van der Waals surface area contributed by atoms with Crippen LogP contribution in [0.2, 0.25) is 0 Å². The number of sulfone groups is 1. The van der Waals surface area contributed by atoms with E-state index in [1.165, 1.54) is 5.41 Å². The quantitative estimate of drug-likeness (QED) is 0.857. The fourth-order valence-corrected chi connectivity index (χ4v) is 3.12. The van der Waals surface area contributed by atoms with Crippen LogP contribution in [0.25, 0.3) is 0 Å². The predicted molar refractivity (Wildman–Crippen MR) is 74.5 cm³/mol. The molecular formula is C13H16N2O3S. The number of carbonyl (C=O) groups is 1. The fourth-order valence-electron chi connectivity index (χ4n) is 1.85. The Morgan fingerprint density at radius 2 is 2.21 bits per heavy atom. The van der Waals surface area contributed by atoms with Crippen LogP contribution in [0, 0.1) is 6.92 Å². The number of hydrogen-bond donors (Lipinski definition) is 2. The Kier molecular flexibility index (Phi) is 4.01. The highest BCUT2D eigenvalue weighted by Gasteiger charge is 2.21. The first-order chi connectivity index (χ1) is 8.94. The third-order valence-corrected chi connectivity index (χ3v) is 4.15. The number of anilines is 1. The van der Waals surface area contributed by atoms with E-state index >= 15 is 0 Å². The molecule has 0 aliphatic carbocycles. The van der Waals surface area contributed by atoms with Crippen LogP contribution in [0.5, 0.6) is 0 Å². The summed E-state index contributed by atoms with van der Waals surface area (Å²) >= 11 is 0. The van der Waals surface area contributed by atoms with Gasteiger partial charge >= 0.3 is 0 Å². The fraction of sp³-hybridized carbons (Fsp3) is 0.308. The van der Waals surface area contributed by atoms with E-state index in [1.54, 1.807) is 6.08 Å². The summed E-state index contributed by atoms with van der Waals surface area (Å²) in [5.41, 5.74) is 1.80. The normalized spacial score (nSPS) is 20.4. The van der Waals surface area contributed by atoms with Crippen molar-refractivity contribution in [3.8, 4) is 0 Å². The molecule has 102 valence electrons. The Morgan fingerprint density at radius 1 is 1.42 bits per heavy atom. The molecule has 0 fully saturated rings. The molecule has 19 heavy (non-hydrogen) atoms. The lowest BCUT2D eigenvalue weighted by Gasteiger charge is -2.10. The van der Waals surface area contributed by atoms with Crippen molar-refractivity contribution in [1.29, 1.82) is 0 Å². The van der Waals surface area contributed by atoms with E-state index in [-0.39, 0.29) is 24.2 Å². The average molecular weight is 280 g/mol. The molecule has 0 spiro atoms. The highest BCUT2D eigenvalue weighted by atomic mass is 32.2. The summed E-state index contributed by atoms with van der Waals surface area (Å²) in [6.45, 7) is 2.03. The van der Waals surface area contributed by atoms with Crippen LogP contribution < -0.4 is 10.6 Å². The van der Waals surface area contributed by atoms with Crippen LogP contribution >= 0.6 is 0 Å². The molecule has 1 atom stereocenters. The van der Waals surface area contributed by atoms with Crippen molar-refractivity contribution in [3.63, 3.8) is 0 Å². The molecule has 1 aliphatic heterocycles. The van der Waals surface area contributed by atoms with Gasteiger partial charge < -0.3 is 10.6 Å². The van der Waals surface area contributed by atoms with Gasteiger partial charge in [0.05, 0.1) is 12.3 Å². The second-order valence-electron chi connectivity index (χ2n) is 4.56. The molecule has 0 saturated heterocycles. The lowest BCUT2D eigenvalue weighted by Crippen LogP contribution is -2.36. The van der Waals surface area contributed by atoms with E-state index in [9.17, 15) is 13.2 Å². The molecule has 1 aliphatic rings. The highest BCUT2D eigenvalue weighted by Crippen LogP contribution is 2.10. The average Bonchev–Trinajstić information content (AvgIpc) is 2.66. The molecular weight excluding hydrogens is 264 g/mol. The van der Waals surface area contributed by atoms with Crippen molar-refractivity contribution in [3.05, 3.63) is 41.3 Å². The van der Waals surface area contributed by atoms with E-state index < -0.39 is 9.84 Å². The number of aryl methyl sites for hydroxylation is 1. The summed E-state index contributed by atoms with van der Waals surface area (Å²) in [5, 5.41) is 6.83. The van der Waals surface area contributed by atoms with Crippen LogP contribution in [-0.2, 0) is 14.6 Å². The Bertz CT molecular complexity index is 608. The summed E-state index contributed by atoms with van der Waals surface area (Å²) in [6.07, 6.45) is 1.56. The lowest BCUT2D eigenvalue weighted by molar-refractivity contribution is -0.115. The van der Waals surface area contributed by atoms with Gasteiger partial charge in [0.2, 0.25) is 5.91 Å². The van der Waals surface area contributed by atoms with Gasteiger partial charge in [-0.1, -0.05) is 18.2 Å². The van der Waals surface area contributed by atoms with Gasteiger partial charge in [-0.05, 0) is 24.6 Å². The maximum absolute atomic E-state index is 11.7. The summed E-state index contributed by atoms with van der Waals surface area (Å²) in [4.78, 5) is 11.7. The molecule has 0 bridgehead atoms. The molecule has 1 amide bonds. The van der Waals surface area contributed by atoms with Gasteiger partial charge in [-0.3, -0.25) is 4.79 Å². The van der Waals surface area contributed by atoms with Crippen LogP contribution in [0.3, 0.4) is 0 Å². The molecule has 1 aromatic rings. The summed E-state index contributed by atoms with van der Waals surface area (Å²) in [5.74, 6) is -0.173. The molecule has 0 aromatic heterocycles. The zero-order valence-electron chi connectivity index (χ0n) is 10.6. The molecule has 6 heteroatoms.